The minimum atomic E-state index is -3.32. The average molecular weight is 479 g/mol. The molecule has 1 amide bonds. The molecule has 0 radical (unpaired) electrons. The number of ether oxygens (including phenoxy) is 4. The number of aromatic nitrogens is 1. The van der Waals surface area contributed by atoms with Crippen molar-refractivity contribution in [1.82, 2.24) is 4.98 Å². The molecule has 0 bridgehead atoms. The molecule has 2 aromatic carbocycles. The van der Waals surface area contributed by atoms with E-state index in [0.717, 1.165) is 6.26 Å². The van der Waals surface area contributed by atoms with Crippen molar-refractivity contribution in [3.63, 3.8) is 0 Å². The van der Waals surface area contributed by atoms with Gasteiger partial charge in [0.1, 0.15) is 23.9 Å². The third kappa shape index (κ3) is 6.50. The van der Waals surface area contributed by atoms with E-state index in [1.54, 1.807) is 29.8 Å². The number of rotatable bonds is 10. The third-order valence-electron chi connectivity index (χ3n) is 4.12. The maximum absolute atomic E-state index is 12.7. The summed E-state index contributed by atoms with van der Waals surface area (Å²) in [5, 5.41) is 4.91. The fraction of sp³-hybridized carbons (Fsp3) is 0.238. The largest absolute Gasteiger partial charge is 0.462 e. The Labute approximate surface area is 189 Å². The summed E-state index contributed by atoms with van der Waals surface area (Å²) < 4.78 is 45.2. The molecule has 1 unspecified atom stereocenters. The Balaban J connectivity index is 1.89. The lowest BCUT2D eigenvalue weighted by Crippen LogP contribution is -2.24. The van der Waals surface area contributed by atoms with Crippen LogP contribution in [0.3, 0.4) is 0 Å². The first-order valence-electron chi connectivity index (χ1n) is 9.31. The van der Waals surface area contributed by atoms with E-state index in [4.69, 9.17) is 18.9 Å². The second-order valence-corrected chi connectivity index (χ2v) is 9.48. The van der Waals surface area contributed by atoms with Gasteiger partial charge < -0.3 is 18.9 Å². The normalized spacial score (nSPS) is 12.2. The summed E-state index contributed by atoms with van der Waals surface area (Å²) in [6.07, 6.45) is 2.02. The summed E-state index contributed by atoms with van der Waals surface area (Å²) in [4.78, 5) is 16.9. The maximum atomic E-state index is 12.7. The number of methoxy groups -OCH3 is 2. The number of nitrogens with one attached hydrogen (secondary N) is 1. The molecule has 1 N–H and O–H groups in total. The predicted molar refractivity (Wildman–Crippen MR) is 119 cm³/mol. The number of hydrogen-bond donors (Lipinski definition) is 1. The Morgan fingerprint density at radius 2 is 1.81 bits per heavy atom. The van der Waals surface area contributed by atoms with Crippen molar-refractivity contribution in [2.24, 2.45) is 0 Å². The summed E-state index contributed by atoms with van der Waals surface area (Å²) in [6.45, 7) is 0.176. The first-order chi connectivity index (χ1) is 15.3. The highest BCUT2D eigenvalue weighted by molar-refractivity contribution is 7.90. The second-order valence-electron chi connectivity index (χ2n) is 6.57. The Kier molecular flexibility index (Phi) is 7.80. The molecule has 0 saturated heterocycles. The van der Waals surface area contributed by atoms with E-state index in [2.05, 4.69) is 10.3 Å². The van der Waals surface area contributed by atoms with E-state index in [0.29, 0.717) is 22.4 Å². The van der Waals surface area contributed by atoms with E-state index >= 15 is 0 Å². The summed E-state index contributed by atoms with van der Waals surface area (Å²) in [6, 6.07) is 10.6. The van der Waals surface area contributed by atoms with Gasteiger partial charge in [-0.25, -0.2) is 13.4 Å². The molecule has 0 aliphatic carbocycles. The molecule has 1 heterocycles. The van der Waals surface area contributed by atoms with E-state index in [-0.39, 0.29) is 17.1 Å². The van der Waals surface area contributed by atoms with Crippen LogP contribution < -0.4 is 14.8 Å². The third-order valence-corrected chi connectivity index (χ3v) is 5.93. The van der Waals surface area contributed by atoms with Crippen LogP contribution in [0.15, 0.2) is 58.9 Å². The lowest BCUT2D eigenvalue weighted by molar-refractivity contribution is -0.0932. The SMILES string of the molecule is COCC(OC)Oc1cc(Oc2ccc(S(C)(=O)=O)cc2)cc(C(=O)Nc2nccs2)c1. The average Bonchev–Trinajstić information content (AvgIpc) is 3.26. The number of nitrogens with zero attached hydrogens (tertiary/aromatic N) is 1. The van der Waals surface area contributed by atoms with Gasteiger partial charge in [0.15, 0.2) is 15.0 Å². The van der Waals surface area contributed by atoms with Crippen LogP contribution in [0.25, 0.3) is 0 Å². The van der Waals surface area contributed by atoms with Gasteiger partial charge in [0, 0.05) is 43.7 Å². The number of sulfone groups is 1. The van der Waals surface area contributed by atoms with Gasteiger partial charge in [-0.2, -0.15) is 0 Å². The molecule has 0 aliphatic rings. The minimum absolute atomic E-state index is 0.174. The smallest absolute Gasteiger partial charge is 0.257 e. The minimum Gasteiger partial charge on any atom is -0.462 e. The number of benzene rings is 2. The van der Waals surface area contributed by atoms with Gasteiger partial charge in [-0.15, -0.1) is 11.3 Å². The van der Waals surface area contributed by atoms with Crippen LogP contribution in [-0.2, 0) is 19.3 Å². The van der Waals surface area contributed by atoms with Crippen molar-refractivity contribution in [2.75, 3.05) is 32.4 Å². The fourth-order valence-electron chi connectivity index (χ4n) is 2.61. The van der Waals surface area contributed by atoms with Gasteiger partial charge in [-0.05, 0) is 36.4 Å². The van der Waals surface area contributed by atoms with Gasteiger partial charge in [0.05, 0.1) is 4.90 Å². The van der Waals surface area contributed by atoms with Crippen molar-refractivity contribution < 1.29 is 32.2 Å². The molecule has 0 aliphatic heterocycles. The standard InChI is InChI=1S/C21H22N2O7S2/c1-27-13-19(28-2)30-17-11-14(20(24)23-21-22-8-9-31-21)10-16(12-17)29-15-4-6-18(7-5-15)32(3,25)26/h4-12,19H,13H2,1-3H3,(H,22,23,24). The molecule has 0 spiro atoms. The molecule has 3 aromatic rings. The summed E-state index contributed by atoms with van der Waals surface area (Å²) in [5.41, 5.74) is 0.271. The molecule has 170 valence electrons. The number of carbonyl (C=O) groups excluding carboxylic acids is 1. The first-order valence-corrected chi connectivity index (χ1v) is 12.1. The second kappa shape index (κ2) is 10.6. The molecular weight excluding hydrogens is 456 g/mol. The van der Waals surface area contributed by atoms with Gasteiger partial charge in [0.2, 0.25) is 6.29 Å². The molecule has 0 fully saturated rings. The monoisotopic (exact) mass is 478 g/mol. The molecule has 1 atom stereocenters. The number of carbonyl (C=O) groups is 1. The van der Waals surface area contributed by atoms with E-state index in [9.17, 15) is 13.2 Å². The zero-order chi connectivity index (χ0) is 23.1. The molecule has 9 nitrogen and oxygen atoms in total. The summed E-state index contributed by atoms with van der Waals surface area (Å²) >= 11 is 1.29. The number of anilines is 1. The number of amides is 1. The molecular formula is C21H22N2O7S2. The van der Waals surface area contributed by atoms with Crippen molar-refractivity contribution >= 4 is 32.2 Å². The molecule has 0 saturated carbocycles. The number of hydrogen-bond acceptors (Lipinski definition) is 9. The summed E-state index contributed by atoms with van der Waals surface area (Å²) in [5.74, 6) is 0.624. The van der Waals surface area contributed by atoms with E-state index in [1.165, 1.54) is 49.8 Å². The number of thiazole rings is 1. The van der Waals surface area contributed by atoms with Gasteiger partial charge >= 0.3 is 0 Å². The molecule has 11 heteroatoms. The maximum Gasteiger partial charge on any atom is 0.257 e. The zero-order valence-electron chi connectivity index (χ0n) is 17.6. The Hall–Kier alpha value is -2.99. The summed E-state index contributed by atoms with van der Waals surface area (Å²) in [7, 11) is -0.332. The van der Waals surface area contributed by atoms with Crippen molar-refractivity contribution in [1.29, 1.82) is 0 Å². The van der Waals surface area contributed by atoms with Gasteiger partial charge in [-0.3, -0.25) is 10.1 Å². The highest BCUT2D eigenvalue weighted by Gasteiger charge is 2.16. The molecule has 1 aromatic heterocycles. The Bertz CT molecular complexity index is 1150. The van der Waals surface area contributed by atoms with Crippen LogP contribution in [-0.4, -0.2) is 52.7 Å². The van der Waals surface area contributed by atoms with Crippen molar-refractivity contribution in [3.05, 3.63) is 59.6 Å². The molecule has 32 heavy (non-hydrogen) atoms. The van der Waals surface area contributed by atoms with E-state index < -0.39 is 22.0 Å². The fourth-order valence-corrected chi connectivity index (χ4v) is 3.77. The van der Waals surface area contributed by atoms with Crippen molar-refractivity contribution in [2.45, 2.75) is 11.2 Å². The zero-order valence-corrected chi connectivity index (χ0v) is 19.2. The first kappa shape index (κ1) is 23.7. The van der Waals surface area contributed by atoms with Crippen LogP contribution in [0.2, 0.25) is 0 Å². The topological polar surface area (TPSA) is 113 Å². The lowest BCUT2D eigenvalue weighted by Gasteiger charge is -2.18. The lowest BCUT2D eigenvalue weighted by atomic mass is 10.2. The van der Waals surface area contributed by atoms with Crippen LogP contribution in [0, 0.1) is 0 Å². The van der Waals surface area contributed by atoms with Gasteiger partial charge in [-0.1, -0.05) is 0 Å². The van der Waals surface area contributed by atoms with Gasteiger partial charge in [0.25, 0.3) is 5.91 Å². The van der Waals surface area contributed by atoms with Crippen LogP contribution >= 0.6 is 11.3 Å². The predicted octanol–water partition coefficient (Wildman–Crippen LogP) is 3.59. The van der Waals surface area contributed by atoms with Crippen LogP contribution in [0.5, 0.6) is 17.2 Å². The highest BCUT2D eigenvalue weighted by atomic mass is 32.2. The van der Waals surface area contributed by atoms with Crippen molar-refractivity contribution in [3.8, 4) is 17.2 Å². The Morgan fingerprint density at radius 3 is 2.41 bits per heavy atom. The highest BCUT2D eigenvalue weighted by Crippen LogP contribution is 2.29. The van der Waals surface area contributed by atoms with Crippen LogP contribution in [0.1, 0.15) is 10.4 Å². The quantitative estimate of drug-likeness (QED) is 0.440. The van der Waals surface area contributed by atoms with E-state index in [1.807, 2.05) is 0 Å². The van der Waals surface area contributed by atoms with Crippen LogP contribution in [0.4, 0.5) is 5.13 Å². The molecule has 3 rings (SSSR count). The Morgan fingerprint density at radius 1 is 1.09 bits per heavy atom.